The zero-order valence-corrected chi connectivity index (χ0v) is 14.6. The van der Waals surface area contributed by atoms with E-state index in [4.69, 9.17) is 4.42 Å². The van der Waals surface area contributed by atoms with E-state index < -0.39 is 16.9 Å². The van der Waals surface area contributed by atoms with Crippen LogP contribution in [0, 0.1) is 16.6 Å². The number of H-pyrrole nitrogens is 1. The summed E-state index contributed by atoms with van der Waals surface area (Å²) in [6.45, 7) is 6.26. The first-order chi connectivity index (χ1) is 12.3. The van der Waals surface area contributed by atoms with Crippen molar-refractivity contribution in [1.82, 2.24) is 9.55 Å². The number of nitrogens with zero attached hydrogens (tertiary/aromatic N) is 1. The topological polar surface area (TPSA) is 68.0 Å². The smallest absolute Gasteiger partial charge is 0.303 e. The van der Waals surface area contributed by atoms with Crippen LogP contribution in [-0.4, -0.2) is 9.55 Å². The van der Waals surface area contributed by atoms with E-state index in [1.54, 1.807) is 6.07 Å². The Morgan fingerprint density at radius 2 is 1.69 bits per heavy atom. The van der Waals surface area contributed by atoms with Crippen molar-refractivity contribution in [3.05, 3.63) is 85.3 Å². The lowest BCUT2D eigenvalue weighted by molar-refractivity contribution is 0.553. The summed E-state index contributed by atoms with van der Waals surface area (Å²) in [5, 5.41) is 0.0953. The van der Waals surface area contributed by atoms with Crippen LogP contribution in [0.25, 0.3) is 16.8 Å². The lowest BCUT2D eigenvalue weighted by Gasteiger charge is -2.18. The first-order valence-corrected chi connectivity index (χ1v) is 8.24. The van der Waals surface area contributed by atoms with Gasteiger partial charge in [-0.15, -0.1) is 0 Å². The number of hydrogen-bond donors (Lipinski definition) is 1. The minimum absolute atomic E-state index is 0.0460. The molecular weight excluding hydrogens is 335 g/mol. The van der Waals surface area contributed by atoms with Crippen LogP contribution in [0.5, 0.6) is 0 Å². The Balaban J connectivity index is 2.04. The van der Waals surface area contributed by atoms with E-state index in [0.717, 1.165) is 10.1 Å². The highest BCUT2D eigenvalue weighted by Crippen LogP contribution is 2.25. The van der Waals surface area contributed by atoms with Gasteiger partial charge in [-0.1, -0.05) is 26.8 Å². The molecule has 0 spiro atoms. The molecule has 0 fully saturated rings. The highest BCUT2D eigenvalue weighted by molar-refractivity contribution is 5.72. The zero-order chi connectivity index (χ0) is 18.6. The Morgan fingerprint density at radius 3 is 2.35 bits per heavy atom. The quantitative estimate of drug-likeness (QED) is 0.571. The second-order valence-electron chi connectivity index (χ2n) is 7.31. The summed E-state index contributed by atoms with van der Waals surface area (Å²) in [5.41, 5.74) is 1.27. The van der Waals surface area contributed by atoms with Gasteiger partial charge >= 0.3 is 5.56 Å². The van der Waals surface area contributed by atoms with Crippen molar-refractivity contribution in [2.45, 2.75) is 26.2 Å². The molecule has 132 valence electrons. The van der Waals surface area contributed by atoms with Gasteiger partial charge in [0.15, 0.2) is 10.9 Å². The molecule has 2 aromatic rings. The third-order valence-electron chi connectivity index (χ3n) is 4.44. The molecule has 0 radical (unpaired) electrons. The average Bonchev–Trinajstić information content (AvgIpc) is 2.83. The molecule has 0 unspecified atom stereocenters. The van der Waals surface area contributed by atoms with Crippen LogP contribution < -0.4 is 11.1 Å². The number of nitrogens with one attached hydrogen (secondary N) is 1. The number of hydrogen-bond acceptors (Lipinski definition) is 3. The highest BCUT2D eigenvalue weighted by Gasteiger charge is 2.17. The molecule has 0 saturated carbocycles. The Kier molecular flexibility index (Phi) is 3.41. The lowest BCUT2D eigenvalue weighted by atomic mass is 9.87. The van der Waals surface area contributed by atoms with Crippen molar-refractivity contribution in [1.29, 1.82) is 0 Å². The van der Waals surface area contributed by atoms with Crippen molar-refractivity contribution >= 4 is 11.1 Å². The van der Waals surface area contributed by atoms with Gasteiger partial charge in [0.25, 0.3) is 5.56 Å². The molecule has 2 aliphatic heterocycles. The van der Waals surface area contributed by atoms with Crippen molar-refractivity contribution in [2.24, 2.45) is 0 Å². The molecule has 0 saturated heterocycles. The van der Waals surface area contributed by atoms with Gasteiger partial charge in [-0.2, -0.15) is 0 Å². The van der Waals surface area contributed by atoms with Crippen molar-refractivity contribution in [3.8, 4) is 5.69 Å². The summed E-state index contributed by atoms with van der Waals surface area (Å²) in [6, 6.07) is 10.8. The molecule has 6 heteroatoms. The summed E-state index contributed by atoms with van der Waals surface area (Å²) in [7, 11) is 0. The fourth-order valence-corrected chi connectivity index (χ4v) is 2.97. The molecule has 0 amide bonds. The lowest BCUT2D eigenvalue weighted by Crippen LogP contribution is -2.24. The van der Waals surface area contributed by atoms with Crippen molar-refractivity contribution in [3.63, 3.8) is 0 Å². The van der Waals surface area contributed by atoms with Gasteiger partial charge < -0.3 is 9.40 Å². The number of fused-ring (bicyclic) bond motifs is 1. The van der Waals surface area contributed by atoms with E-state index >= 15 is 0 Å². The zero-order valence-electron chi connectivity index (χ0n) is 14.6. The number of rotatable bonds is 1. The Labute approximate surface area is 147 Å². The van der Waals surface area contributed by atoms with E-state index in [1.807, 2.05) is 12.1 Å². The molecule has 5 nitrogen and oxygen atoms in total. The maximum absolute atomic E-state index is 13.1. The second kappa shape index (κ2) is 5.42. The first-order valence-electron chi connectivity index (χ1n) is 8.24. The molecule has 2 heterocycles. The fourth-order valence-electron chi connectivity index (χ4n) is 2.97. The molecule has 2 aromatic carbocycles. The molecule has 26 heavy (non-hydrogen) atoms. The summed E-state index contributed by atoms with van der Waals surface area (Å²) in [4.78, 5) is 28.4. The van der Waals surface area contributed by atoms with Crippen molar-refractivity contribution in [2.75, 3.05) is 0 Å². The number of aromatic nitrogens is 2. The predicted octanol–water partition coefficient (Wildman–Crippen LogP) is 3.43. The molecule has 2 aliphatic rings. The normalized spacial score (nSPS) is 12.2. The van der Waals surface area contributed by atoms with E-state index in [2.05, 4.69) is 25.8 Å². The van der Waals surface area contributed by atoms with Crippen LogP contribution in [0.1, 0.15) is 26.3 Å². The molecular formula is C20H17FN2O3. The number of benzene rings is 2. The maximum atomic E-state index is 13.1. The molecule has 0 bridgehead atoms. The third kappa shape index (κ3) is 2.45. The number of halogens is 1. The molecule has 4 rings (SSSR count). The van der Waals surface area contributed by atoms with Crippen LogP contribution in [0.4, 0.5) is 4.39 Å². The number of aromatic amines is 1. The van der Waals surface area contributed by atoms with Crippen molar-refractivity contribution < 1.29 is 8.81 Å². The monoisotopic (exact) mass is 352 g/mol. The summed E-state index contributed by atoms with van der Waals surface area (Å²) in [6.07, 6.45) is 0. The van der Waals surface area contributed by atoms with Crippen LogP contribution in [0.2, 0.25) is 0 Å². The fraction of sp³-hybridized carbons (Fsp3) is 0.200. The van der Waals surface area contributed by atoms with Gasteiger partial charge in [0.2, 0.25) is 5.42 Å². The standard InChI is InChI=1S/C20H17FN2O3/c1-20(2,3)11-4-9-15-14(10-11)22-16-17(26-15)19(25)23(18(16)24)13-7-5-12(21)6-8-13/h4-10,22H,1-3H3. The van der Waals surface area contributed by atoms with Crippen LogP contribution in [-0.2, 0) is 5.41 Å². The minimum Gasteiger partial charge on any atom is -0.447 e. The molecule has 0 atom stereocenters. The van der Waals surface area contributed by atoms with Gasteiger partial charge in [0.05, 0.1) is 11.2 Å². The van der Waals surface area contributed by atoms with E-state index in [1.165, 1.54) is 24.3 Å². The average molecular weight is 352 g/mol. The Morgan fingerprint density at radius 1 is 1.00 bits per heavy atom. The van der Waals surface area contributed by atoms with Gasteiger partial charge in [-0.25, -0.2) is 8.96 Å². The Bertz CT molecular complexity index is 1310. The van der Waals surface area contributed by atoms with Gasteiger partial charge in [0.1, 0.15) is 5.82 Å². The van der Waals surface area contributed by atoms with Crippen LogP contribution in [0.3, 0.4) is 0 Å². The largest absolute Gasteiger partial charge is 0.447 e. The minimum atomic E-state index is -0.574. The molecule has 1 N–H and O–H groups in total. The highest BCUT2D eigenvalue weighted by atomic mass is 19.1. The first kappa shape index (κ1) is 16.3. The summed E-state index contributed by atoms with van der Waals surface area (Å²) in [5.74, 6) is -0.443. The molecule has 0 aliphatic carbocycles. The summed E-state index contributed by atoms with van der Waals surface area (Å²) < 4.78 is 19.8. The second-order valence-corrected chi connectivity index (χ2v) is 7.31. The van der Waals surface area contributed by atoms with Crippen LogP contribution >= 0.6 is 0 Å². The predicted molar refractivity (Wildman–Crippen MR) is 96.4 cm³/mol. The van der Waals surface area contributed by atoms with E-state index in [0.29, 0.717) is 16.8 Å². The summed E-state index contributed by atoms with van der Waals surface area (Å²) >= 11 is 0. The van der Waals surface area contributed by atoms with Gasteiger partial charge in [-0.3, -0.25) is 9.59 Å². The molecule has 0 aromatic heterocycles. The third-order valence-corrected chi connectivity index (χ3v) is 4.44. The Hall–Kier alpha value is -3.15. The SMILES string of the molecule is CC(C)(C)c1ccc2oc3c(=O)n(-c4ccc(F)cc4)c(=O)c=3[nH]c2c1. The van der Waals surface area contributed by atoms with Gasteiger partial charge in [0, 0.05) is 0 Å². The van der Waals surface area contributed by atoms with Crippen LogP contribution in [0.15, 0.2) is 56.5 Å². The maximum Gasteiger partial charge on any atom is 0.303 e. The van der Waals surface area contributed by atoms with Gasteiger partial charge in [-0.05, 0) is 47.4 Å². The van der Waals surface area contributed by atoms with E-state index in [-0.39, 0.29) is 16.2 Å². The van der Waals surface area contributed by atoms with E-state index in [9.17, 15) is 14.0 Å².